The molecule has 2 rings (SSSR count). The van der Waals surface area contributed by atoms with Crippen molar-refractivity contribution < 1.29 is 4.39 Å². The summed E-state index contributed by atoms with van der Waals surface area (Å²) in [5.41, 5.74) is 3.87. The molecular formula is C12H14ClFN4. The van der Waals surface area contributed by atoms with Crippen LogP contribution in [0, 0.1) is 5.82 Å². The van der Waals surface area contributed by atoms with Gasteiger partial charge >= 0.3 is 0 Å². The third kappa shape index (κ3) is 2.87. The Morgan fingerprint density at radius 1 is 1.50 bits per heavy atom. The lowest BCUT2D eigenvalue weighted by Gasteiger charge is -2.16. The fourth-order valence-electron chi connectivity index (χ4n) is 1.82. The molecule has 1 heterocycles. The lowest BCUT2D eigenvalue weighted by molar-refractivity contribution is 0.504. The number of nitrogens with two attached hydrogens (primary N) is 1. The Morgan fingerprint density at radius 2 is 2.28 bits per heavy atom. The van der Waals surface area contributed by atoms with Gasteiger partial charge in [-0.25, -0.2) is 4.39 Å². The molecule has 0 saturated carbocycles. The van der Waals surface area contributed by atoms with Crippen LogP contribution in [0.4, 0.5) is 4.39 Å². The van der Waals surface area contributed by atoms with Crippen LogP contribution in [0.5, 0.6) is 0 Å². The first-order chi connectivity index (χ1) is 8.60. The molecule has 0 aliphatic heterocycles. The first-order valence-corrected chi connectivity index (χ1v) is 5.87. The molecule has 0 fully saturated rings. The van der Waals surface area contributed by atoms with E-state index in [-0.39, 0.29) is 11.9 Å². The fraction of sp³-hybridized carbons (Fsp3) is 0.250. The minimum atomic E-state index is -0.362. The predicted octanol–water partition coefficient (Wildman–Crippen LogP) is 1.96. The van der Waals surface area contributed by atoms with Crippen molar-refractivity contribution in [3.63, 3.8) is 0 Å². The monoisotopic (exact) mass is 268 g/mol. The number of benzene rings is 1. The van der Waals surface area contributed by atoms with Crippen LogP contribution < -0.4 is 11.3 Å². The summed E-state index contributed by atoms with van der Waals surface area (Å²) in [6.07, 6.45) is 2.33. The number of hydrogen-bond donors (Lipinski definition) is 2. The Labute approximate surface area is 110 Å². The van der Waals surface area contributed by atoms with E-state index < -0.39 is 0 Å². The van der Waals surface area contributed by atoms with Gasteiger partial charge in [0.25, 0.3) is 0 Å². The van der Waals surface area contributed by atoms with E-state index in [9.17, 15) is 4.39 Å². The molecule has 3 N–H and O–H groups in total. The van der Waals surface area contributed by atoms with Crippen LogP contribution in [0.2, 0.25) is 5.02 Å². The summed E-state index contributed by atoms with van der Waals surface area (Å²) in [5.74, 6) is 5.15. The van der Waals surface area contributed by atoms with Crippen molar-refractivity contribution in [1.29, 1.82) is 0 Å². The minimum absolute atomic E-state index is 0.335. The topological polar surface area (TPSA) is 55.9 Å². The summed E-state index contributed by atoms with van der Waals surface area (Å²) >= 11 is 5.87. The van der Waals surface area contributed by atoms with Gasteiger partial charge in [0.1, 0.15) is 5.82 Å². The number of aromatic nitrogens is 2. The maximum Gasteiger partial charge on any atom is 0.128 e. The number of aryl methyl sites for hydroxylation is 1. The van der Waals surface area contributed by atoms with E-state index in [2.05, 4.69) is 10.5 Å². The van der Waals surface area contributed by atoms with Crippen LogP contribution >= 0.6 is 11.6 Å². The molecule has 0 aliphatic rings. The molecule has 0 bridgehead atoms. The van der Waals surface area contributed by atoms with Gasteiger partial charge in [-0.15, -0.1) is 0 Å². The van der Waals surface area contributed by atoms with Gasteiger partial charge in [-0.1, -0.05) is 11.6 Å². The molecule has 0 spiro atoms. The average molecular weight is 269 g/mol. The van der Waals surface area contributed by atoms with E-state index in [4.69, 9.17) is 17.4 Å². The molecule has 96 valence electrons. The zero-order valence-electron chi connectivity index (χ0n) is 9.90. The molecule has 0 saturated heterocycles. The molecule has 1 aromatic carbocycles. The molecular weight excluding hydrogens is 255 g/mol. The normalized spacial score (nSPS) is 12.7. The van der Waals surface area contributed by atoms with Crippen LogP contribution in [0.3, 0.4) is 0 Å². The summed E-state index contributed by atoms with van der Waals surface area (Å²) in [7, 11) is 1.83. The van der Waals surface area contributed by atoms with E-state index in [1.807, 2.05) is 19.3 Å². The number of hydrogen-bond acceptors (Lipinski definition) is 3. The highest BCUT2D eigenvalue weighted by molar-refractivity contribution is 6.30. The van der Waals surface area contributed by atoms with Gasteiger partial charge in [-0.3, -0.25) is 16.0 Å². The Bertz CT molecular complexity index is 541. The number of halogens is 2. The van der Waals surface area contributed by atoms with Crippen molar-refractivity contribution in [3.05, 3.63) is 52.6 Å². The van der Waals surface area contributed by atoms with Crippen molar-refractivity contribution in [1.82, 2.24) is 15.2 Å². The van der Waals surface area contributed by atoms with Gasteiger partial charge in [0, 0.05) is 30.3 Å². The zero-order valence-corrected chi connectivity index (χ0v) is 10.7. The molecule has 1 atom stereocenters. The van der Waals surface area contributed by atoms with Crippen molar-refractivity contribution in [2.75, 3.05) is 0 Å². The second-order valence-electron chi connectivity index (χ2n) is 4.07. The molecule has 18 heavy (non-hydrogen) atoms. The molecule has 4 nitrogen and oxygen atoms in total. The number of nitrogens with zero attached hydrogens (tertiary/aromatic N) is 2. The fourth-order valence-corrected chi connectivity index (χ4v) is 2.00. The molecule has 0 radical (unpaired) electrons. The molecule has 6 heteroatoms. The summed E-state index contributed by atoms with van der Waals surface area (Å²) < 4.78 is 15.4. The van der Waals surface area contributed by atoms with Crippen molar-refractivity contribution in [3.8, 4) is 0 Å². The maximum absolute atomic E-state index is 13.7. The highest BCUT2D eigenvalue weighted by atomic mass is 35.5. The Kier molecular flexibility index (Phi) is 3.96. The largest absolute Gasteiger partial charge is 0.276 e. The van der Waals surface area contributed by atoms with Crippen molar-refractivity contribution >= 4 is 11.6 Å². The van der Waals surface area contributed by atoms with E-state index in [1.54, 1.807) is 10.7 Å². The summed E-state index contributed by atoms with van der Waals surface area (Å²) in [4.78, 5) is 0. The Balaban J connectivity index is 2.25. The van der Waals surface area contributed by atoms with Gasteiger partial charge in [-0.2, -0.15) is 5.10 Å². The molecule has 0 amide bonds. The number of nitrogens with one attached hydrogen (secondary N) is 1. The lowest BCUT2D eigenvalue weighted by atomic mass is 10.0. The predicted molar refractivity (Wildman–Crippen MR) is 68.4 cm³/mol. The first kappa shape index (κ1) is 13.0. The van der Waals surface area contributed by atoms with Crippen LogP contribution in [0.1, 0.15) is 17.3 Å². The summed E-state index contributed by atoms with van der Waals surface area (Å²) in [6, 6.07) is 5.92. The average Bonchev–Trinajstić information content (AvgIpc) is 2.75. The third-order valence-corrected chi connectivity index (χ3v) is 2.95. The van der Waals surface area contributed by atoms with Crippen LogP contribution in [0.15, 0.2) is 30.5 Å². The van der Waals surface area contributed by atoms with Gasteiger partial charge < -0.3 is 0 Å². The van der Waals surface area contributed by atoms with Crippen molar-refractivity contribution in [2.45, 2.75) is 12.5 Å². The smallest absolute Gasteiger partial charge is 0.128 e. The van der Waals surface area contributed by atoms with E-state index in [0.29, 0.717) is 17.0 Å². The molecule has 2 aromatic rings. The highest BCUT2D eigenvalue weighted by Gasteiger charge is 2.16. The van der Waals surface area contributed by atoms with Gasteiger partial charge in [-0.05, 0) is 24.3 Å². The first-order valence-electron chi connectivity index (χ1n) is 5.49. The van der Waals surface area contributed by atoms with Gasteiger partial charge in [0.2, 0.25) is 0 Å². The lowest BCUT2D eigenvalue weighted by Crippen LogP contribution is -2.30. The number of rotatable bonds is 4. The van der Waals surface area contributed by atoms with Gasteiger partial charge in [0.15, 0.2) is 0 Å². The molecule has 1 aromatic heterocycles. The molecule has 1 unspecified atom stereocenters. The second-order valence-corrected chi connectivity index (χ2v) is 4.51. The zero-order chi connectivity index (χ0) is 13.1. The van der Waals surface area contributed by atoms with Crippen LogP contribution in [-0.2, 0) is 13.5 Å². The van der Waals surface area contributed by atoms with E-state index >= 15 is 0 Å². The standard InChI is InChI=1S/C12H14ClFN4/c1-18-5-4-9(17-18)7-12(16-15)10-6-8(13)2-3-11(10)14/h2-6,12,16H,7,15H2,1H3. The van der Waals surface area contributed by atoms with Crippen molar-refractivity contribution in [2.24, 2.45) is 12.9 Å². The quantitative estimate of drug-likeness (QED) is 0.658. The third-order valence-electron chi connectivity index (χ3n) is 2.72. The SMILES string of the molecule is Cn1ccc(CC(NN)c2cc(Cl)ccc2F)n1. The summed E-state index contributed by atoms with van der Waals surface area (Å²) in [5, 5.41) is 4.72. The van der Waals surface area contributed by atoms with E-state index in [0.717, 1.165) is 5.69 Å². The minimum Gasteiger partial charge on any atom is -0.276 e. The Morgan fingerprint density at radius 3 is 2.89 bits per heavy atom. The summed E-state index contributed by atoms with van der Waals surface area (Å²) in [6.45, 7) is 0. The van der Waals surface area contributed by atoms with Crippen LogP contribution in [0.25, 0.3) is 0 Å². The van der Waals surface area contributed by atoms with Crippen LogP contribution in [-0.4, -0.2) is 9.78 Å². The molecule has 0 aliphatic carbocycles. The Hall–Kier alpha value is -1.43. The second kappa shape index (κ2) is 5.48. The number of hydrazine groups is 1. The maximum atomic E-state index is 13.7. The van der Waals surface area contributed by atoms with Gasteiger partial charge in [0.05, 0.1) is 11.7 Å². The highest BCUT2D eigenvalue weighted by Crippen LogP contribution is 2.23. The van der Waals surface area contributed by atoms with E-state index in [1.165, 1.54) is 12.1 Å².